The summed E-state index contributed by atoms with van der Waals surface area (Å²) in [6, 6.07) is 5.34. The first kappa shape index (κ1) is 14.0. The van der Waals surface area contributed by atoms with Gasteiger partial charge in [0.25, 0.3) is 0 Å². The fraction of sp³-hybridized carbons (Fsp3) is 0.462. The van der Waals surface area contributed by atoms with Gasteiger partial charge in [0.2, 0.25) is 0 Å². The van der Waals surface area contributed by atoms with Gasteiger partial charge in [-0.15, -0.1) is 0 Å². The second kappa shape index (κ2) is 6.12. The number of hydrogen-bond donors (Lipinski definition) is 2. The van der Waals surface area contributed by atoms with Crippen LogP contribution in [-0.4, -0.2) is 36.8 Å². The van der Waals surface area contributed by atoms with Crippen LogP contribution in [0.25, 0.3) is 0 Å². The number of hydrogen-bond acceptors (Lipinski definition) is 4. The first-order valence-corrected chi connectivity index (χ1v) is 6.67. The van der Waals surface area contributed by atoms with E-state index in [2.05, 4.69) is 17.0 Å². The summed E-state index contributed by atoms with van der Waals surface area (Å²) in [5.74, 6) is 0.0891. The van der Waals surface area contributed by atoms with Crippen LogP contribution in [0, 0.1) is 0 Å². The van der Waals surface area contributed by atoms with Crippen LogP contribution in [0.3, 0.4) is 0 Å². The van der Waals surface area contributed by atoms with Gasteiger partial charge in [0.15, 0.2) is 5.84 Å². The number of halogens is 1. The standard InChI is InChI=1S/C13H18ClN3O2/c1-2-10-8-17(5-6-19-10)12-7-9(14)3-4-11(12)13(15)16-18/h3-4,7,10,18H,2,5-6,8H2,1H3,(H2,15,16). The topological polar surface area (TPSA) is 71.1 Å². The second-order valence-electron chi connectivity index (χ2n) is 4.49. The van der Waals surface area contributed by atoms with Crippen molar-refractivity contribution in [3.05, 3.63) is 28.8 Å². The van der Waals surface area contributed by atoms with Gasteiger partial charge in [0.1, 0.15) is 0 Å². The van der Waals surface area contributed by atoms with Gasteiger partial charge in [-0.25, -0.2) is 0 Å². The molecule has 104 valence electrons. The molecule has 3 N–H and O–H groups in total. The average molecular weight is 284 g/mol. The van der Waals surface area contributed by atoms with Gasteiger partial charge in [-0.1, -0.05) is 23.7 Å². The molecule has 5 nitrogen and oxygen atoms in total. The van der Waals surface area contributed by atoms with Crippen molar-refractivity contribution in [3.8, 4) is 0 Å². The quantitative estimate of drug-likeness (QED) is 0.385. The Morgan fingerprint density at radius 1 is 1.63 bits per heavy atom. The maximum absolute atomic E-state index is 8.87. The van der Waals surface area contributed by atoms with Gasteiger partial charge >= 0.3 is 0 Å². The number of nitrogens with zero attached hydrogens (tertiary/aromatic N) is 2. The summed E-state index contributed by atoms with van der Waals surface area (Å²) in [6.07, 6.45) is 1.16. The van der Waals surface area contributed by atoms with E-state index in [9.17, 15) is 0 Å². The van der Waals surface area contributed by atoms with Gasteiger partial charge in [-0.3, -0.25) is 0 Å². The lowest BCUT2D eigenvalue weighted by molar-refractivity contribution is 0.0384. The Balaban J connectivity index is 2.34. The zero-order chi connectivity index (χ0) is 13.8. The molecule has 0 aromatic heterocycles. The predicted molar refractivity (Wildman–Crippen MR) is 76.2 cm³/mol. The Hall–Kier alpha value is -1.46. The number of nitrogens with two attached hydrogens (primary N) is 1. The van der Waals surface area contributed by atoms with E-state index in [0.717, 1.165) is 25.2 Å². The van der Waals surface area contributed by atoms with Crippen LogP contribution < -0.4 is 10.6 Å². The van der Waals surface area contributed by atoms with E-state index < -0.39 is 0 Å². The number of rotatable bonds is 3. The van der Waals surface area contributed by atoms with E-state index in [1.807, 2.05) is 6.07 Å². The van der Waals surface area contributed by atoms with E-state index >= 15 is 0 Å². The highest BCUT2D eigenvalue weighted by Crippen LogP contribution is 2.27. The normalized spacial score (nSPS) is 20.6. The summed E-state index contributed by atoms with van der Waals surface area (Å²) < 4.78 is 5.65. The van der Waals surface area contributed by atoms with Crippen molar-refractivity contribution < 1.29 is 9.94 Å². The van der Waals surface area contributed by atoms with Crippen LogP contribution in [0.2, 0.25) is 5.02 Å². The van der Waals surface area contributed by atoms with E-state index in [-0.39, 0.29) is 11.9 Å². The molecular weight excluding hydrogens is 266 g/mol. The van der Waals surface area contributed by atoms with Gasteiger partial charge < -0.3 is 20.6 Å². The first-order chi connectivity index (χ1) is 9.15. The zero-order valence-electron chi connectivity index (χ0n) is 10.8. The molecule has 0 radical (unpaired) electrons. The van der Waals surface area contributed by atoms with Crippen LogP contribution in [0.15, 0.2) is 23.4 Å². The molecule has 2 rings (SSSR count). The molecule has 0 amide bonds. The molecule has 1 heterocycles. The molecule has 1 unspecified atom stereocenters. The van der Waals surface area contributed by atoms with Crippen molar-refractivity contribution in [2.75, 3.05) is 24.6 Å². The van der Waals surface area contributed by atoms with E-state index in [1.165, 1.54) is 0 Å². The van der Waals surface area contributed by atoms with Crippen molar-refractivity contribution in [1.29, 1.82) is 0 Å². The average Bonchev–Trinajstić information content (AvgIpc) is 2.46. The molecular formula is C13H18ClN3O2. The highest BCUT2D eigenvalue weighted by molar-refractivity contribution is 6.31. The van der Waals surface area contributed by atoms with Gasteiger partial charge in [-0.05, 0) is 24.6 Å². The number of anilines is 1. The smallest absolute Gasteiger partial charge is 0.172 e. The molecule has 0 saturated carbocycles. The van der Waals surface area contributed by atoms with Crippen LogP contribution >= 0.6 is 11.6 Å². The number of benzene rings is 1. The number of morpholine rings is 1. The summed E-state index contributed by atoms with van der Waals surface area (Å²) in [4.78, 5) is 2.16. The summed E-state index contributed by atoms with van der Waals surface area (Å²) in [6.45, 7) is 4.31. The van der Waals surface area contributed by atoms with Gasteiger partial charge in [0.05, 0.1) is 12.7 Å². The van der Waals surface area contributed by atoms with Gasteiger partial charge in [-0.2, -0.15) is 0 Å². The minimum absolute atomic E-state index is 0.0891. The fourth-order valence-corrected chi connectivity index (χ4v) is 2.39. The zero-order valence-corrected chi connectivity index (χ0v) is 11.6. The van der Waals surface area contributed by atoms with Crippen LogP contribution in [0.4, 0.5) is 5.69 Å². The molecule has 1 aromatic carbocycles. The monoisotopic (exact) mass is 283 g/mol. The van der Waals surface area contributed by atoms with Crippen molar-refractivity contribution >= 4 is 23.1 Å². The third kappa shape index (κ3) is 3.11. The number of oxime groups is 1. The molecule has 1 atom stereocenters. The summed E-state index contributed by atoms with van der Waals surface area (Å²) in [7, 11) is 0. The third-order valence-corrected chi connectivity index (χ3v) is 3.51. The number of amidine groups is 1. The molecule has 1 saturated heterocycles. The van der Waals surface area contributed by atoms with E-state index in [4.69, 9.17) is 27.3 Å². The maximum atomic E-state index is 8.87. The molecule has 1 fully saturated rings. The molecule has 1 aromatic rings. The Morgan fingerprint density at radius 2 is 2.42 bits per heavy atom. The number of ether oxygens (including phenoxy) is 1. The molecule has 6 heteroatoms. The Kier molecular flexibility index (Phi) is 4.50. The molecule has 0 spiro atoms. The Labute approximate surface area is 117 Å². The van der Waals surface area contributed by atoms with E-state index in [0.29, 0.717) is 17.2 Å². The van der Waals surface area contributed by atoms with Crippen molar-refractivity contribution in [1.82, 2.24) is 0 Å². The lowest BCUT2D eigenvalue weighted by Crippen LogP contribution is -2.43. The largest absolute Gasteiger partial charge is 0.409 e. The van der Waals surface area contributed by atoms with Crippen molar-refractivity contribution in [2.24, 2.45) is 10.9 Å². The van der Waals surface area contributed by atoms with Crippen LogP contribution in [-0.2, 0) is 4.74 Å². The van der Waals surface area contributed by atoms with Crippen molar-refractivity contribution in [2.45, 2.75) is 19.4 Å². The lowest BCUT2D eigenvalue weighted by Gasteiger charge is -2.35. The summed E-state index contributed by atoms with van der Waals surface area (Å²) in [5, 5.41) is 12.6. The van der Waals surface area contributed by atoms with Crippen molar-refractivity contribution in [3.63, 3.8) is 0 Å². The molecule has 19 heavy (non-hydrogen) atoms. The lowest BCUT2D eigenvalue weighted by atomic mass is 10.1. The Morgan fingerprint density at radius 3 is 3.11 bits per heavy atom. The predicted octanol–water partition coefficient (Wildman–Crippen LogP) is 2.05. The fourth-order valence-electron chi connectivity index (χ4n) is 2.22. The second-order valence-corrected chi connectivity index (χ2v) is 4.93. The van der Waals surface area contributed by atoms with Crippen LogP contribution in [0.5, 0.6) is 0 Å². The van der Waals surface area contributed by atoms with E-state index in [1.54, 1.807) is 12.1 Å². The molecule has 1 aliphatic heterocycles. The third-order valence-electron chi connectivity index (χ3n) is 3.28. The highest BCUT2D eigenvalue weighted by atomic mass is 35.5. The van der Waals surface area contributed by atoms with Gasteiger partial charge in [0, 0.05) is 29.4 Å². The maximum Gasteiger partial charge on any atom is 0.172 e. The first-order valence-electron chi connectivity index (χ1n) is 6.29. The SMILES string of the molecule is CCC1CN(c2cc(Cl)ccc2C(N)=NO)CCO1. The molecule has 1 aliphatic rings. The molecule has 0 bridgehead atoms. The molecule has 0 aliphatic carbocycles. The highest BCUT2D eigenvalue weighted by Gasteiger charge is 2.22. The summed E-state index contributed by atoms with van der Waals surface area (Å²) >= 11 is 6.05. The minimum atomic E-state index is 0.0891. The Bertz CT molecular complexity index is 479. The minimum Gasteiger partial charge on any atom is -0.409 e. The summed E-state index contributed by atoms with van der Waals surface area (Å²) in [5.41, 5.74) is 7.28. The van der Waals surface area contributed by atoms with Crippen LogP contribution in [0.1, 0.15) is 18.9 Å².